The Kier molecular flexibility index (Phi) is 5.77. The molecule has 2 rings (SSSR count). The quantitative estimate of drug-likeness (QED) is 0.818. The van der Waals surface area contributed by atoms with Crippen molar-refractivity contribution in [2.45, 2.75) is 13.5 Å². The highest BCUT2D eigenvalue weighted by atomic mass is 16.5. The fraction of sp³-hybridized carbons (Fsp3) is 0.250. The first-order valence-corrected chi connectivity index (χ1v) is 7.75. The van der Waals surface area contributed by atoms with Crippen molar-refractivity contribution in [2.24, 2.45) is 0 Å². The minimum absolute atomic E-state index is 0.705. The SMILES string of the molecule is COc1ccc(/C(C)=C/C(=O)O)cc1-c1ccccc1CN(C)C. The molecule has 0 radical (unpaired) electrons. The molecule has 0 amide bonds. The van der Waals surface area contributed by atoms with Crippen LogP contribution in [0.5, 0.6) is 5.75 Å². The molecule has 4 nitrogen and oxygen atoms in total. The van der Waals surface area contributed by atoms with Gasteiger partial charge < -0.3 is 14.7 Å². The molecule has 0 aliphatic rings. The second kappa shape index (κ2) is 7.79. The van der Waals surface area contributed by atoms with E-state index in [0.717, 1.165) is 29.0 Å². The van der Waals surface area contributed by atoms with E-state index in [1.807, 2.05) is 44.4 Å². The highest BCUT2D eigenvalue weighted by molar-refractivity contribution is 5.90. The second-order valence-electron chi connectivity index (χ2n) is 5.98. The number of rotatable bonds is 6. The summed E-state index contributed by atoms with van der Waals surface area (Å²) < 4.78 is 5.53. The summed E-state index contributed by atoms with van der Waals surface area (Å²) in [6.45, 7) is 2.61. The highest BCUT2D eigenvalue weighted by Crippen LogP contribution is 2.35. The minimum Gasteiger partial charge on any atom is -0.496 e. The smallest absolute Gasteiger partial charge is 0.328 e. The molecule has 0 saturated carbocycles. The zero-order chi connectivity index (χ0) is 17.7. The van der Waals surface area contributed by atoms with Gasteiger partial charge in [-0.25, -0.2) is 4.79 Å². The third-order valence-corrected chi connectivity index (χ3v) is 3.79. The van der Waals surface area contributed by atoms with E-state index in [2.05, 4.69) is 17.0 Å². The number of hydrogen-bond acceptors (Lipinski definition) is 3. The van der Waals surface area contributed by atoms with E-state index in [9.17, 15) is 4.79 Å². The van der Waals surface area contributed by atoms with Crippen molar-refractivity contribution < 1.29 is 14.6 Å². The van der Waals surface area contributed by atoms with Crippen molar-refractivity contribution in [1.29, 1.82) is 0 Å². The molecule has 0 unspecified atom stereocenters. The lowest BCUT2D eigenvalue weighted by Crippen LogP contribution is -2.11. The summed E-state index contributed by atoms with van der Waals surface area (Å²) in [7, 11) is 5.71. The molecule has 1 N–H and O–H groups in total. The molecule has 0 atom stereocenters. The summed E-state index contributed by atoms with van der Waals surface area (Å²) in [5, 5.41) is 8.97. The predicted octanol–water partition coefficient (Wildman–Crippen LogP) is 3.91. The number of methoxy groups -OCH3 is 1. The normalized spacial score (nSPS) is 11.6. The lowest BCUT2D eigenvalue weighted by Gasteiger charge is -2.17. The molecule has 0 heterocycles. The van der Waals surface area contributed by atoms with Crippen molar-refractivity contribution in [3.8, 4) is 16.9 Å². The predicted molar refractivity (Wildman–Crippen MR) is 97.1 cm³/mol. The van der Waals surface area contributed by atoms with Gasteiger partial charge in [0.05, 0.1) is 7.11 Å². The standard InChI is InChI=1S/C20H23NO3/c1-14(11-20(22)23)15-9-10-19(24-4)18(12-15)17-8-6-5-7-16(17)13-21(2)3/h5-12H,13H2,1-4H3,(H,22,23)/b14-11+. The van der Waals surface area contributed by atoms with Crippen LogP contribution in [0.1, 0.15) is 18.1 Å². The Hall–Kier alpha value is -2.59. The van der Waals surface area contributed by atoms with Crippen LogP contribution in [0.3, 0.4) is 0 Å². The number of nitrogens with zero attached hydrogens (tertiary/aromatic N) is 1. The van der Waals surface area contributed by atoms with Gasteiger partial charge in [0.25, 0.3) is 0 Å². The molecule has 0 spiro atoms. The zero-order valence-corrected chi connectivity index (χ0v) is 14.5. The van der Waals surface area contributed by atoms with E-state index in [-0.39, 0.29) is 0 Å². The number of benzene rings is 2. The fourth-order valence-electron chi connectivity index (χ4n) is 2.69. The zero-order valence-electron chi connectivity index (χ0n) is 14.5. The molecule has 126 valence electrons. The van der Waals surface area contributed by atoms with Gasteiger partial charge in [0, 0.05) is 18.2 Å². The Labute approximate surface area is 143 Å². The van der Waals surface area contributed by atoms with E-state index < -0.39 is 5.97 Å². The number of hydrogen-bond donors (Lipinski definition) is 1. The molecule has 2 aromatic rings. The molecule has 0 aliphatic heterocycles. The van der Waals surface area contributed by atoms with Crippen LogP contribution in [0.2, 0.25) is 0 Å². The van der Waals surface area contributed by atoms with Crippen molar-refractivity contribution in [3.05, 3.63) is 59.7 Å². The molecule has 24 heavy (non-hydrogen) atoms. The third-order valence-electron chi connectivity index (χ3n) is 3.79. The van der Waals surface area contributed by atoms with Crippen LogP contribution >= 0.6 is 0 Å². The maximum absolute atomic E-state index is 10.9. The molecule has 2 aromatic carbocycles. The fourth-order valence-corrected chi connectivity index (χ4v) is 2.69. The number of carboxylic acids is 1. The largest absolute Gasteiger partial charge is 0.496 e. The number of carbonyl (C=O) groups is 1. The summed E-state index contributed by atoms with van der Waals surface area (Å²) in [5.74, 6) is -0.175. The maximum Gasteiger partial charge on any atom is 0.328 e. The third kappa shape index (κ3) is 4.24. The molecular weight excluding hydrogens is 302 g/mol. The number of allylic oxidation sites excluding steroid dienone is 1. The average molecular weight is 325 g/mol. The molecule has 0 bridgehead atoms. The van der Waals surface area contributed by atoms with Gasteiger partial charge in [-0.15, -0.1) is 0 Å². The van der Waals surface area contributed by atoms with E-state index in [1.165, 1.54) is 11.6 Å². The van der Waals surface area contributed by atoms with Gasteiger partial charge in [0.1, 0.15) is 5.75 Å². The summed E-state index contributed by atoms with van der Waals surface area (Å²) in [6.07, 6.45) is 1.22. The molecule has 0 fully saturated rings. The van der Waals surface area contributed by atoms with Gasteiger partial charge in [-0.2, -0.15) is 0 Å². The lowest BCUT2D eigenvalue weighted by molar-refractivity contribution is -0.131. The maximum atomic E-state index is 10.9. The van der Waals surface area contributed by atoms with Crippen LogP contribution in [-0.2, 0) is 11.3 Å². The van der Waals surface area contributed by atoms with Crippen LogP contribution in [-0.4, -0.2) is 37.2 Å². The Bertz CT molecular complexity index is 763. The second-order valence-corrected chi connectivity index (χ2v) is 5.98. The summed E-state index contributed by atoms with van der Waals surface area (Å²) in [6, 6.07) is 13.9. The molecule has 4 heteroatoms. The van der Waals surface area contributed by atoms with Gasteiger partial charge in [-0.1, -0.05) is 30.3 Å². The number of aliphatic carboxylic acids is 1. The van der Waals surface area contributed by atoms with E-state index in [0.29, 0.717) is 5.57 Å². The monoisotopic (exact) mass is 325 g/mol. The van der Waals surface area contributed by atoms with Crippen molar-refractivity contribution in [3.63, 3.8) is 0 Å². The number of carboxylic acid groups (broad SMARTS) is 1. The van der Waals surface area contributed by atoms with Gasteiger partial charge >= 0.3 is 5.97 Å². The minimum atomic E-state index is -0.946. The van der Waals surface area contributed by atoms with Gasteiger partial charge in [0.15, 0.2) is 0 Å². The Morgan fingerprint density at radius 2 is 1.88 bits per heavy atom. The molecule has 0 aliphatic carbocycles. The highest BCUT2D eigenvalue weighted by Gasteiger charge is 2.12. The van der Waals surface area contributed by atoms with E-state index in [4.69, 9.17) is 9.84 Å². The molecule has 0 aromatic heterocycles. The summed E-state index contributed by atoms with van der Waals surface area (Å²) in [5.41, 5.74) is 4.82. The van der Waals surface area contributed by atoms with Gasteiger partial charge in [0.2, 0.25) is 0 Å². The van der Waals surface area contributed by atoms with Crippen LogP contribution in [0.25, 0.3) is 16.7 Å². The molecular formula is C20H23NO3. The summed E-state index contributed by atoms with van der Waals surface area (Å²) >= 11 is 0. The first-order valence-electron chi connectivity index (χ1n) is 7.75. The summed E-state index contributed by atoms with van der Waals surface area (Å²) in [4.78, 5) is 13.0. The Balaban J connectivity index is 2.59. The topological polar surface area (TPSA) is 49.8 Å². The van der Waals surface area contributed by atoms with Gasteiger partial charge in [-0.3, -0.25) is 0 Å². The lowest BCUT2D eigenvalue weighted by atomic mass is 9.95. The van der Waals surface area contributed by atoms with Crippen LogP contribution < -0.4 is 4.74 Å². The first kappa shape index (κ1) is 17.8. The van der Waals surface area contributed by atoms with Gasteiger partial charge in [-0.05, 0) is 55.4 Å². The van der Waals surface area contributed by atoms with Crippen molar-refractivity contribution in [1.82, 2.24) is 4.90 Å². The van der Waals surface area contributed by atoms with Crippen LogP contribution in [0.4, 0.5) is 0 Å². The van der Waals surface area contributed by atoms with Crippen molar-refractivity contribution >= 4 is 11.5 Å². The van der Waals surface area contributed by atoms with Crippen LogP contribution in [0.15, 0.2) is 48.5 Å². The number of ether oxygens (including phenoxy) is 1. The Morgan fingerprint density at radius 3 is 2.50 bits per heavy atom. The average Bonchev–Trinajstić information content (AvgIpc) is 2.53. The Morgan fingerprint density at radius 1 is 1.17 bits per heavy atom. The molecule has 0 saturated heterocycles. The van der Waals surface area contributed by atoms with Crippen LogP contribution in [0, 0.1) is 0 Å². The van der Waals surface area contributed by atoms with E-state index in [1.54, 1.807) is 14.0 Å². The van der Waals surface area contributed by atoms with Crippen molar-refractivity contribution in [2.75, 3.05) is 21.2 Å². The first-order chi connectivity index (χ1) is 11.4. The van der Waals surface area contributed by atoms with E-state index >= 15 is 0 Å².